The van der Waals surface area contributed by atoms with E-state index in [2.05, 4.69) is 15.9 Å². The fourth-order valence-corrected chi connectivity index (χ4v) is 1.62. The maximum atomic E-state index is 10.9. The molecule has 0 aliphatic carbocycles. The number of rotatable bonds is 2. The van der Waals surface area contributed by atoms with Gasteiger partial charge in [0.15, 0.2) is 0 Å². The van der Waals surface area contributed by atoms with Crippen molar-refractivity contribution in [1.82, 2.24) is 0 Å². The summed E-state index contributed by atoms with van der Waals surface area (Å²) >= 11 is 14.2. The molecule has 4 heteroatoms. The second kappa shape index (κ2) is 4.26. The Bertz CT molecular complexity index is 312. The fraction of sp³-hybridized carbons (Fsp3) is 0.125. The van der Waals surface area contributed by atoms with E-state index in [1.165, 1.54) is 0 Å². The highest BCUT2D eigenvalue weighted by atomic mass is 79.9. The molecule has 64 valence electrons. The predicted molar refractivity (Wildman–Crippen MR) is 53.9 cm³/mol. The van der Waals surface area contributed by atoms with Gasteiger partial charge in [-0.2, -0.15) is 0 Å². The van der Waals surface area contributed by atoms with Crippen molar-refractivity contribution in [2.75, 3.05) is 0 Å². The van der Waals surface area contributed by atoms with Gasteiger partial charge in [0.25, 0.3) is 5.24 Å². The van der Waals surface area contributed by atoms with Crippen molar-refractivity contribution in [2.45, 2.75) is 5.88 Å². The van der Waals surface area contributed by atoms with Gasteiger partial charge in [-0.3, -0.25) is 4.79 Å². The summed E-state index contributed by atoms with van der Waals surface area (Å²) in [5.74, 6) is 0.293. The third kappa shape index (κ3) is 2.22. The highest BCUT2D eigenvalue weighted by molar-refractivity contribution is 9.10. The van der Waals surface area contributed by atoms with Crippen molar-refractivity contribution in [3.05, 3.63) is 33.8 Å². The Morgan fingerprint density at radius 3 is 2.67 bits per heavy atom. The van der Waals surface area contributed by atoms with E-state index in [0.717, 1.165) is 10.0 Å². The first-order valence-corrected chi connectivity index (χ1v) is 4.90. The lowest BCUT2D eigenvalue weighted by molar-refractivity contribution is 0.108. The van der Waals surface area contributed by atoms with E-state index in [1.807, 2.05) is 6.07 Å². The Kier molecular flexibility index (Phi) is 3.56. The van der Waals surface area contributed by atoms with Crippen LogP contribution in [0.25, 0.3) is 0 Å². The first-order valence-electron chi connectivity index (χ1n) is 3.19. The Hall–Kier alpha value is -0.0500. The lowest BCUT2D eigenvalue weighted by atomic mass is 10.1. The molecule has 0 spiro atoms. The normalized spacial score (nSPS) is 9.92. The average molecular weight is 268 g/mol. The Morgan fingerprint density at radius 2 is 2.17 bits per heavy atom. The molecule has 0 aliphatic heterocycles. The number of hydrogen-bond donors (Lipinski definition) is 0. The molecule has 1 aromatic carbocycles. The largest absolute Gasteiger partial charge is 0.276 e. The van der Waals surface area contributed by atoms with Crippen molar-refractivity contribution < 1.29 is 4.79 Å². The van der Waals surface area contributed by atoms with Gasteiger partial charge >= 0.3 is 0 Å². The van der Waals surface area contributed by atoms with Gasteiger partial charge < -0.3 is 0 Å². The molecular weight excluding hydrogens is 263 g/mol. The molecular formula is C8H5BrCl2O. The van der Waals surface area contributed by atoms with Gasteiger partial charge in [0.05, 0.1) is 0 Å². The second-order valence-corrected chi connectivity index (χ2v) is 3.74. The Morgan fingerprint density at radius 1 is 1.50 bits per heavy atom. The molecule has 0 amide bonds. The van der Waals surface area contributed by atoms with Gasteiger partial charge in [-0.25, -0.2) is 0 Å². The lowest BCUT2D eigenvalue weighted by Crippen LogP contribution is -1.94. The highest BCUT2D eigenvalue weighted by Gasteiger charge is 2.07. The standard InChI is InChI=1S/C8H5BrCl2O/c9-6-2-1-5(4-10)7(3-6)8(11)12/h1-3H,4H2. The number of carbonyl (C=O) groups excluding carboxylic acids is 1. The smallest absolute Gasteiger partial charge is 0.252 e. The topological polar surface area (TPSA) is 17.1 Å². The van der Waals surface area contributed by atoms with Crippen molar-refractivity contribution in [1.29, 1.82) is 0 Å². The van der Waals surface area contributed by atoms with E-state index >= 15 is 0 Å². The number of halogens is 3. The minimum absolute atomic E-state index is 0.293. The molecule has 0 radical (unpaired) electrons. The summed E-state index contributed by atoms with van der Waals surface area (Å²) in [6, 6.07) is 5.25. The van der Waals surface area contributed by atoms with E-state index in [-0.39, 0.29) is 0 Å². The van der Waals surface area contributed by atoms with Gasteiger partial charge in [0.2, 0.25) is 0 Å². The van der Waals surface area contributed by atoms with E-state index < -0.39 is 5.24 Å². The van der Waals surface area contributed by atoms with Gasteiger partial charge in [-0.05, 0) is 29.3 Å². The molecule has 1 aromatic rings. The van der Waals surface area contributed by atoms with Crippen LogP contribution in [0, 0.1) is 0 Å². The molecule has 0 unspecified atom stereocenters. The molecule has 0 fully saturated rings. The van der Waals surface area contributed by atoms with Gasteiger partial charge in [-0.15, -0.1) is 11.6 Å². The summed E-state index contributed by atoms with van der Waals surface area (Å²) in [7, 11) is 0. The quantitative estimate of drug-likeness (QED) is 0.592. The monoisotopic (exact) mass is 266 g/mol. The summed E-state index contributed by atoms with van der Waals surface area (Å²) in [6.45, 7) is 0. The first kappa shape index (κ1) is 10.0. The Balaban J connectivity index is 3.21. The molecule has 0 saturated heterocycles. The molecule has 0 bridgehead atoms. The van der Waals surface area contributed by atoms with Crippen molar-refractivity contribution in [3.63, 3.8) is 0 Å². The molecule has 0 N–H and O–H groups in total. The average Bonchev–Trinajstić information content (AvgIpc) is 2.04. The molecule has 0 heterocycles. The van der Waals surface area contributed by atoms with Crippen LogP contribution in [-0.2, 0) is 5.88 Å². The van der Waals surface area contributed by atoms with Crippen LogP contribution in [0.3, 0.4) is 0 Å². The first-order chi connectivity index (χ1) is 5.65. The molecule has 1 rings (SSSR count). The van der Waals surface area contributed by atoms with Crippen molar-refractivity contribution >= 4 is 44.4 Å². The zero-order valence-electron chi connectivity index (χ0n) is 5.98. The zero-order chi connectivity index (χ0) is 9.14. The zero-order valence-corrected chi connectivity index (χ0v) is 9.08. The van der Waals surface area contributed by atoms with Crippen LogP contribution in [0.5, 0.6) is 0 Å². The molecule has 0 saturated carbocycles. The fourth-order valence-electron chi connectivity index (χ4n) is 0.848. The second-order valence-electron chi connectivity index (χ2n) is 2.21. The molecule has 12 heavy (non-hydrogen) atoms. The minimum Gasteiger partial charge on any atom is -0.276 e. The van der Waals surface area contributed by atoms with E-state index in [9.17, 15) is 4.79 Å². The van der Waals surface area contributed by atoms with Crippen LogP contribution in [0.15, 0.2) is 22.7 Å². The van der Waals surface area contributed by atoms with Crippen molar-refractivity contribution in [2.24, 2.45) is 0 Å². The van der Waals surface area contributed by atoms with Gasteiger partial charge in [-0.1, -0.05) is 22.0 Å². The number of carbonyl (C=O) groups is 1. The molecule has 0 aromatic heterocycles. The van der Waals surface area contributed by atoms with Crippen LogP contribution < -0.4 is 0 Å². The summed E-state index contributed by atoms with van der Waals surface area (Å²) in [4.78, 5) is 10.9. The van der Waals surface area contributed by atoms with Crippen LogP contribution in [0.1, 0.15) is 15.9 Å². The van der Waals surface area contributed by atoms with Crippen LogP contribution >= 0.6 is 39.1 Å². The Labute approximate surface area is 88.8 Å². The lowest BCUT2D eigenvalue weighted by Gasteiger charge is -2.01. The predicted octanol–water partition coefficient (Wildman–Crippen LogP) is 3.57. The van der Waals surface area contributed by atoms with Gasteiger partial charge in [0.1, 0.15) is 0 Å². The molecule has 0 aliphatic rings. The molecule has 1 nitrogen and oxygen atoms in total. The van der Waals surface area contributed by atoms with Crippen LogP contribution in [-0.4, -0.2) is 5.24 Å². The van der Waals surface area contributed by atoms with Gasteiger partial charge in [0, 0.05) is 15.9 Å². The van der Waals surface area contributed by atoms with E-state index in [0.29, 0.717) is 11.4 Å². The summed E-state index contributed by atoms with van der Waals surface area (Å²) in [5, 5.41) is -0.480. The number of hydrogen-bond acceptors (Lipinski definition) is 1. The maximum absolute atomic E-state index is 10.9. The maximum Gasteiger partial charge on any atom is 0.252 e. The van der Waals surface area contributed by atoms with Crippen LogP contribution in [0.2, 0.25) is 0 Å². The highest BCUT2D eigenvalue weighted by Crippen LogP contribution is 2.19. The molecule has 0 atom stereocenters. The third-order valence-electron chi connectivity index (χ3n) is 1.43. The van der Waals surface area contributed by atoms with Crippen molar-refractivity contribution in [3.8, 4) is 0 Å². The summed E-state index contributed by atoms with van der Waals surface area (Å²) in [6.07, 6.45) is 0. The summed E-state index contributed by atoms with van der Waals surface area (Å²) < 4.78 is 0.820. The number of alkyl halides is 1. The number of benzene rings is 1. The van der Waals surface area contributed by atoms with E-state index in [1.54, 1.807) is 12.1 Å². The SMILES string of the molecule is O=C(Cl)c1cc(Br)ccc1CCl. The van der Waals surface area contributed by atoms with Crippen LogP contribution in [0.4, 0.5) is 0 Å². The van der Waals surface area contributed by atoms with E-state index in [4.69, 9.17) is 23.2 Å². The minimum atomic E-state index is -0.480. The third-order valence-corrected chi connectivity index (χ3v) is 2.41. The summed E-state index contributed by atoms with van der Waals surface area (Å²) in [5.41, 5.74) is 1.21.